The van der Waals surface area contributed by atoms with Gasteiger partial charge in [0.2, 0.25) is 0 Å². The molecule has 0 aliphatic carbocycles. The Balaban J connectivity index is 1.87. The number of pyridine rings is 1. The van der Waals surface area contributed by atoms with Gasteiger partial charge in [-0.3, -0.25) is 14.6 Å². The average molecular weight is 449 g/mol. The van der Waals surface area contributed by atoms with Crippen LogP contribution in [0.15, 0.2) is 72.6 Å². The molecule has 7 heteroatoms. The van der Waals surface area contributed by atoms with Gasteiger partial charge in [-0.25, -0.2) is 0 Å². The zero-order valence-corrected chi connectivity index (χ0v) is 18.3. The fourth-order valence-electron chi connectivity index (χ4n) is 3.90. The number of nitrogens with zero attached hydrogens (tertiary/aromatic N) is 2. The van der Waals surface area contributed by atoms with Crippen LogP contribution >= 0.6 is 11.6 Å². The minimum atomic E-state index is -0.769. The number of methoxy groups -OCH3 is 1. The van der Waals surface area contributed by atoms with Gasteiger partial charge in [-0.05, 0) is 60.0 Å². The molecule has 1 saturated heterocycles. The Morgan fingerprint density at radius 1 is 1.16 bits per heavy atom. The Kier molecular flexibility index (Phi) is 5.97. The predicted octanol–water partition coefficient (Wildman–Crippen LogP) is 4.67. The highest BCUT2D eigenvalue weighted by molar-refractivity contribution is 6.46. The lowest BCUT2D eigenvalue weighted by Crippen LogP contribution is -2.29. The first-order chi connectivity index (χ1) is 15.4. The lowest BCUT2D eigenvalue weighted by molar-refractivity contribution is -0.140. The molecule has 0 saturated carbocycles. The maximum absolute atomic E-state index is 13.1. The van der Waals surface area contributed by atoms with Crippen molar-refractivity contribution in [3.8, 4) is 5.75 Å². The monoisotopic (exact) mass is 448 g/mol. The molecule has 1 unspecified atom stereocenters. The Morgan fingerprint density at radius 2 is 1.91 bits per heavy atom. The number of rotatable bonds is 5. The van der Waals surface area contributed by atoms with Crippen LogP contribution in [0.25, 0.3) is 5.76 Å². The topological polar surface area (TPSA) is 79.7 Å². The van der Waals surface area contributed by atoms with Crippen molar-refractivity contribution < 1.29 is 19.4 Å². The van der Waals surface area contributed by atoms with E-state index in [1.165, 1.54) is 4.90 Å². The molecule has 4 rings (SSSR count). The first-order valence-electron chi connectivity index (χ1n) is 9.98. The molecule has 0 bridgehead atoms. The second-order valence-corrected chi connectivity index (χ2v) is 7.96. The van der Waals surface area contributed by atoms with Gasteiger partial charge in [0, 0.05) is 29.5 Å². The van der Waals surface area contributed by atoms with E-state index in [-0.39, 0.29) is 17.9 Å². The van der Waals surface area contributed by atoms with E-state index in [1.807, 2.05) is 6.07 Å². The summed E-state index contributed by atoms with van der Waals surface area (Å²) in [5.41, 5.74) is 2.66. The Hall–Kier alpha value is -3.64. The van der Waals surface area contributed by atoms with Crippen molar-refractivity contribution in [2.24, 2.45) is 0 Å². The number of ether oxygens (including phenoxy) is 1. The largest absolute Gasteiger partial charge is 0.507 e. The Labute approximate surface area is 190 Å². The van der Waals surface area contributed by atoms with Crippen LogP contribution in [-0.4, -0.2) is 33.8 Å². The summed E-state index contributed by atoms with van der Waals surface area (Å²) in [5, 5.41) is 11.8. The minimum Gasteiger partial charge on any atom is -0.507 e. The van der Waals surface area contributed by atoms with Gasteiger partial charge >= 0.3 is 0 Å². The van der Waals surface area contributed by atoms with Gasteiger partial charge in [-0.2, -0.15) is 0 Å². The van der Waals surface area contributed by atoms with E-state index in [0.717, 1.165) is 11.1 Å². The smallest absolute Gasteiger partial charge is 0.295 e. The number of halogens is 1. The summed E-state index contributed by atoms with van der Waals surface area (Å²) < 4.78 is 5.23. The third-order valence-corrected chi connectivity index (χ3v) is 5.74. The van der Waals surface area contributed by atoms with Gasteiger partial charge in [0.05, 0.1) is 18.7 Å². The van der Waals surface area contributed by atoms with Crippen LogP contribution < -0.4 is 4.74 Å². The van der Waals surface area contributed by atoms with E-state index in [4.69, 9.17) is 16.3 Å². The predicted molar refractivity (Wildman–Crippen MR) is 121 cm³/mol. The molecule has 162 valence electrons. The van der Waals surface area contributed by atoms with Crippen molar-refractivity contribution in [1.82, 2.24) is 9.88 Å². The van der Waals surface area contributed by atoms with Crippen molar-refractivity contribution in [1.29, 1.82) is 0 Å². The number of aromatic nitrogens is 1. The molecular weight excluding hydrogens is 428 g/mol. The molecule has 1 N–H and O–H groups in total. The molecule has 1 fully saturated rings. The number of likely N-dealkylation sites (tertiary alicyclic amines) is 1. The normalized spacial score (nSPS) is 17.6. The van der Waals surface area contributed by atoms with Crippen LogP contribution in [0.5, 0.6) is 5.75 Å². The highest BCUT2D eigenvalue weighted by Crippen LogP contribution is 2.41. The molecule has 0 radical (unpaired) electrons. The average Bonchev–Trinajstić information content (AvgIpc) is 3.04. The zero-order chi connectivity index (χ0) is 22.8. The standard InChI is InChI=1S/C25H21ClN2O4/c1-15-12-19(32-2)9-10-20(15)23(29)21-22(17-5-7-18(26)8-6-17)28(25(31)24(21)30)14-16-4-3-11-27-13-16/h3-13,22,29H,14H2,1-2H3. The highest BCUT2D eigenvalue weighted by atomic mass is 35.5. The molecular formula is C25H21ClN2O4. The van der Waals surface area contributed by atoms with Crippen molar-refractivity contribution in [2.45, 2.75) is 19.5 Å². The number of hydrogen-bond acceptors (Lipinski definition) is 5. The molecule has 1 aliphatic heterocycles. The summed E-state index contributed by atoms with van der Waals surface area (Å²) in [6.07, 6.45) is 3.28. The van der Waals surface area contributed by atoms with Gasteiger partial charge in [0.1, 0.15) is 11.5 Å². The number of Topliss-reactive ketones (excluding diaryl/α,β-unsaturated/α-hetero) is 1. The fourth-order valence-corrected chi connectivity index (χ4v) is 4.02. The molecule has 0 spiro atoms. The van der Waals surface area contributed by atoms with Gasteiger partial charge in [-0.1, -0.05) is 29.8 Å². The molecule has 6 nitrogen and oxygen atoms in total. The quantitative estimate of drug-likeness (QED) is 0.348. The zero-order valence-electron chi connectivity index (χ0n) is 17.6. The first kappa shape index (κ1) is 21.6. The number of carbonyl (C=O) groups is 2. The van der Waals surface area contributed by atoms with Crippen molar-refractivity contribution in [3.63, 3.8) is 0 Å². The van der Waals surface area contributed by atoms with Crippen LogP contribution in [0.2, 0.25) is 5.02 Å². The molecule has 3 aromatic rings. The van der Waals surface area contributed by atoms with Gasteiger partial charge < -0.3 is 14.7 Å². The lowest BCUT2D eigenvalue weighted by atomic mass is 9.94. The first-order valence-corrected chi connectivity index (χ1v) is 10.4. The van der Waals surface area contributed by atoms with E-state index in [9.17, 15) is 14.7 Å². The van der Waals surface area contributed by atoms with Crippen LogP contribution in [0.4, 0.5) is 0 Å². The van der Waals surface area contributed by atoms with Crippen LogP contribution in [0.3, 0.4) is 0 Å². The minimum absolute atomic E-state index is 0.0366. The summed E-state index contributed by atoms with van der Waals surface area (Å²) in [7, 11) is 1.55. The molecule has 1 aliphatic rings. The number of hydrogen-bond donors (Lipinski definition) is 1. The second-order valence-electron chi connectivity index (χ2n) is 7.52. The molecule has 1 amide bonds. The number of amides is 1. The van der Waals surface area contributed by atoms with E-state index in [2.05, 4.69) is 4.98 Å². The number of aliphatic hydroxyl groups excluding tert-OH is 1. The SMILES string of the molecule is COc1ccc(C(O)=C2C(=O)C(=O)N(Cc3cccnc3)C2c2ccc(Cl)cc2)c(C)c1. The van der Waals surface area contributed by atoms with Crippen molar-refractivity contribution in [3.05, 3.63) is 99.8 Å². The van der Waals surface area contributed by atoms with Crippen molar-refractivity contribution >= 4 is 29.1 Å². The third kappa shape index (κ3) is 3.97. The van der Waals surface area contributed by atoms with E-state index >= 15 is 0 Å². The van der Waals surface area contributed by atoms with Crippen LogP contribution in [-0.2, 0) is 16.1 Å². The Bertz CT molecular complexity index is 1210. The number of aryl methyl sites for hydroxylation is 1. The molecule has 32 heavy (non-hydrogen) atoms. The van der Waals surface area contributed by atoms with Crippen LogP contribution in [0, 0.1) is 6.92 Å². The number of ketones is 1. The molecule has 2 aromatic carbocycles. The van der Waals surface area contributed by atoms with E-state index in [1.54, 1.807) is 75.0 Å². The molecule has 1 aromatic heterocycles. The molecule has 2 heterocycles. The van der Waals surface area contributed by atoms with Crippen molar-refractivity contribution in [2.75, 3.05) is 7.11 Å². The number of carbonyl (C=O) groups excluding carboxylic acids is 2. The fraction of sp³-hybridized carbons (Fsp3) is 0.160. The summed E-state index contributed by atoms with van der Waals surface area (Å²) in [6, 6.07) is 14.9. The highest BCUT2D eigenvalue weighted by Gasteiger charge is 2.46. The van der Waals surface area contributed by atoms with Crippen LogP contribution in [0.1, 0.15) is 28.3 Å². The maximum atomic E-state index is 13.1. The second kappa shape index (κ2) is 8.85. The van der Waals surface area contributed by atoms with Gasteiger partial charge in [0.25, 0.3) is 11.7 Å². The summed E-state index contributed by atoms with van der Waals surface area (Å²) in [5.74, 6) is -1.01. The maximum Gasteiger partial charge on any atom is 0.295 e. The lowest BCUT2D eigenvalue weighted by Gasteiger charge is -2.25. The third-order valence-electron chi connectivity index (χ3n) is 5.49. The number of benzene rings is 2. The Morgan fingerprint density at radius 3 is 2.53 bits per heavy atom. The van der Waals surface area contributed by atoms with Gasteiger partial charge in [-0.15, -0.1) is 0 Å². The summed E-state index contributed by atoms with van der Waals surface area (Å²) in [4.78, 5) is 31.7. The summed E-state index contributed by atoms with van der Waals surface area (Å²) in [6.45, 7) is 1.98. The van der Waals surface area contributed by atoms with E-state index < -0.39 is 17.7 Å². The number of aliphatic hydroxyl groups is 1. The molecule has 1 atom stereocenters. The van der Waals surface area contributed by atoms with Gasteiger partial charge in [0.15, 0.2) is 0 Å². The summed E-state index contributed by atoms with van der Waals surface area (Å²) >= 11 is 6.06. The van der Waals surface area contributed by atoms with E-state index in [0.29, 0.717) is 21.9 Å².